The summed E-state index contributed by atoms with van der Waals surface area (Å²) in [5.41, 5.74) is 17.9. The minimum atomic E-state index is 0.634. The average Bonchev–Trinajstić information content (AvgIpc) is 4.06. The van der Waals surface area contributed by atoms with Gasteiger partial charge in [-0.3, -0.25) is 14.5 Å². The zero-order chi connectivity index (χ0) is 45.4. The molecule has 0 bridgehead atoms. The van der Waals surface area contributed by atoms with E-state index in [0.29, 0.717) is 5.95 Å². The average molecular weight is 882 g/mol. The van der Waals surface area contributed by atoms with Crippen LogP contribution in [0.15, 0.2) is 237 Å². The van der Waals surface area contributed by atoms with E-state index in [4.69, 9.17) is 19.9 Å². The summed E-state index contributed by atoms with van der Waals surface area (Å²) in [6.45, 7) is 0. The third-order valence-corrected chi connectivity index (χ3v) is 13.6. The highest BCUT2D eigenvalue weighted by Gasteiger charge is 2.20. The van der Waals surface area contributed by atoms with E-state index in [1.54, 1.807) is 0 Å². The Balaban J connectivity index is 0.881. The number of para-hydroxylation sites is 3. The second kappa shape index (κ2) is 15.6. The normalized spacial score (nSPS) is 11.8. The second-order valence-corrected chi connectivity index (χ2v) is 17.5. The highest BCUT2D eigenvalue weighted by molar-refractivity contribution is 6.13. The molecule has 0 aliphatic heterocycles. The lowest BCUT2D eigenvalue weighted by Crippen LogP contribution is -2.03. The fraction of sp³-hybridized carbons (Fsp3) is 0. The third-order valence-electron chi connectivity index (χ3n) is 13.6. The van der Waals surface area contributed by atoms with Crippen molar-refractivity contribution < 1.29 is 0 Å². The maximum atomic E-state index is 5.24. The van der Waals surface area contributed by atoms with Crippen LogP contribution in [0.25, 0.3) is 128 Å². The Labute approximate surface area is 396 Å². The van der Waals surface area contributed by atoms with Gasteiger partial charge in [0.2, 0.25) is 5.95 Å². The molecule has 0 saturated heterocycles. The second-order valence-electron chi connectivity index (χ2n) is 17.5. The van der Waals surface area contributed by atoms with Crippen molar-refractivity contribution in [2.75, 3.05) is 0 Å². The maximum absolute atomic E-state index is 5.24. The summed E-state index contributed by atoms with van der Waals surface area (Å²) in [5, 5.41) is 5.75. The van der Waals surface area contributed by atoms with Gasteiger partial charge in [0, 0.05) is 61.7 Å². The predicted octanol–water partition coefficient (Wildman–Crippen LogP) is 15.2. The zero-order valence-electron chi connectivity index (χ0n) is 37.1. The van der Waals surface area contributed by atoms with Crippen molar-refractivity contribution >= 4 is 65.5 Å². The van der Waals surface area contributed by atoms with Crippen molar-refractivity contribution in [2.45, 2.75) is 0 Å². The molecule has 6 heterocycles. The molecule has 14 rings (SSSR count). The van der Waals surface area contributed by atoms with E-state index < -0.39 is 0 Å². The number of fused-ring (bicyclic) bond motifs is 9. The van der Waals surface area contributed by atoms with Gasteiger partial charge in [-0.05, 0) is 102 Å². The van der Waals surface area contributed by atoms with Gasteiger partial charge >= 0.3 is 0 Å². The number of aromatic nitrogens is 7. The van der Waals surface area contributed by atoms with E-state index in [2.05, 4.69) is 214 Å². The molecule has 14 aromatic rings. The molecule has 0 saturated carbocycles. The first kappa shape index (κ1) is 38.8. The monoisotopic (exact) mass is 881 g/mol. The fourth-order valence-corrected chi connectivity index (χ4v) is 10.4. The van der Waals surface area contributed by atoms with Crippen molar-refractivity contribution in [1.82, 2.24) is 33.6 Å². The smallest absolute Gasteiger partial charge is 0.235 e. The molecule has 8 aromatic carbocycles. The minimum absolute atomic E-state index is 0.634. The summed E-state index contributed by atoms with van der Waals surface area (Å²) in [7, 11) is 0. The van der Waals surface area contributed by atoms with Crippen LogP contribution in [0, 0.1) is 0 Å². The molecule has 0 amide bonds. The summed E-state index contributed by atoms with van der Waals surface area (Å²) in [6, 6.07) is 77.2. The van der Waals surface area contributed by atoms with E-state index in [1.807, 2.05) is 36.8 Å². The Morgan fingerprint density at radius 2 is 0.768 bits per heavy atom. The van der Waals surface area contributed by atoms with Crippen molar-refractivity contribution in [2.24, 2.45) is 0 Å². The van der Waals surface area contributed by atoms with E-state index >= 15 is 0 Å². The minimum Gasteiger partial charge on any atom is -0.308 e. The SMILES string of the molecule is c1ccc(-c2cc(-c3ccccc3)nc(-n3c4ccccc4c4cc(-c5ccc6c(c5)c5ccccc5n6-c5cncc(-c6ccc7c(c6)c6ncccc6n7-c6ccccc6)c5)ccc43)n2)cc1. The van der Waals surface area contributed by atoms with Crippen molar-refractivity contribution in [1.29, 1.82) is 0 Å². The summed E-state index contributed by atoms with van der Waals surface area (Å²) < 4.78 is 6.85. The molecular weight excluding hydrogens is 843 g/mol. The lowest BCUT2D eigenvalue weighted by molar-refractivity contribution is 0.995. The predicted molar refractivity (Wildman–Crippen MR) is 282 cm³/mol. The molecule has 0 radical (unpaired) electrons. The maximum Gasteiger partial charge on any atom is 0.235 e. The molecule has 0 unspecified atom stereocenters. The van der Waals surface area contributed by atoms with Crippen LogP contribution in [0.1, 0.15) is 0 Å². The molecule has 0 atom stereocenters. The van der Waals surface area contributed by atoms with Crippen molar-refractivity contribution in [3.63, 3.8) is 0 Å². The molecular formula is C62H39N7. The van der Waals surface area contributed by atoms with Gasteiger partial charge in [0.15, 0.2) is 0 Å². The number of benzene rings is 8. The Morgan fingerprint density at radius 1 is 0.290 bits per heavy atom. The van der Waals surface area contributed by atoms with E-state index in [0.717, 1.165) is 111 Å². The molecule has 7 nitrogen and oxygen atoms in total. The molecule has 6 aromatic heterocycles. The van der Waals surface area contributed by atoms with E-state index in [1.165, 1.54) is 10.8 Å². The van der Waals surface area contributed by atoms with Crippen LogP contribution in [-0.4, -0.2) is 33.6 Å². The van der Waals surface area contributed by atoms with Gasteiger partial charge in [0.1, 0.15) is 0 Å². The van der Waals surface area contributed by atoms with E-state index in [9.17, 15) is 0 Å². The third kappa shape index (κ3) is 6.29. The van der Waals surface area contributed by atoms with Gasteiger partial charge in [-0.15, -0.1) is 0 Å². The van der Waals surface area contributed by atoms with Gasteiger partial charge in [-0.25, -0.2) is 9.97 Å². The molecule has 322 valence electrons. The standard InChI is InChI=1S/C62H39N7/c1-4-15-40(16-5-1)53-37-54(41-17-6-2-7-18-41)66-62(65-53)69-56-24-13-11-22-49(56)51-35-43(27-30-58(51)69)42-26-29-57-50(34-42)48-21-10-12-23-55(48)68(57)47-33-45(38-63-39-47)44-28-31-59-52(36-44)61-60(25-14-32-64-61)67(59)46-19-8-3-9-20-46/h1-39H. The number of pyridine rings is 2. The van der Waals surface area contributed by atoms with Crippen molar-refractivity contribution in [3.8, 4) is 62.1 Å². The van der Waals surface area contributed by atoms with Crippen LogP contribution >= 0.6 is 0 Å². The Hall–Kier alpha value is -9.46. The largest absolute Gasteiger partial charge is 0.308 e. The number of rotatable bonds is 7. The van der Waals surface area contributed by atoms with Crippen molar-refractivity contribution in [3.05, 3.63) is 237 Å². The first-order valence-corrected chi connectivity index (χ1v) is 23.2. The number of hydrogen-bond acceptors (Lipinski definition) is 4. The van der Waals surface area contributed by atoms with Crippen LogP contribution in [0.4, 0.5) is 0 Å². The van der Waals surface area contributed by atoms with Gasteiger partial charge in [0.05, 0.1) is 61.9 Å². The summed E-state index contributed by atoms with van der Waals surface area (Å²) >= 11 is 0. The molecule has 0 N–H and O–H groups in total. The Kier molecular flexibility index (Phi) is 8.75. The number of nitrogens with zero attached hydrogens (tertiary/aromatic N) is 7. The highest BCUT2D eigenvalue weighted by Crippen LogP contribution is 2.40. The molecule has 0 fully saturated rings. The topological polar surface area (TPSA) is 66.3 Å². The Morgan fingerprint density at radius 3 is 1.41 bits per heavy atom. The van der Waals surface area contributed by atoms with Gasteiger partial charge in [-0.2, -0.15) is 0 Å². The lowest BCUT2D eigenvalue weighted by atomic mass is 10.0. The first-order valence-electron chi connectivity index (χ1n) is 23.2. The molecule has 0 aliphatic carbocycles. The molecule has 0 spiro atoms. The Bertz CT molecular complexity index is 4240. The quantitative estimate of drug-likeness (QED) is 0.160. The van der Waals surface area contributed by atoms with Crippen LogP contribution in [0.3, 0.4) is 0 Å². The van der Waals surface area contributed by atoms with E-state index in [-0.39, 0.29) is 0 Å². The number of hydrogen-bond donors (Lipinski definition) is 0. The molecule has 69 heavy (non-hydrogen) atoms. The zero-order valence-corrected chi connectivity index (χ0v) is 37.1. The lowest BCUT2D eigenvalue weighted by Gasteiger charge is -2.12. The molecule has 7 heteroatoms. The molecule has 0 aliphatic rings. The summed E-state index contributed by atoms with van der Waals surface area (Å²) in [6.07, 6.45) is 5.80. The van der Waals surface area contributed by atoms with Crippen LogP contribution in [-0.2, 0) is 0 Å². The van der Waals surface area contributed by atoms with Gasteiger partial charge in [0.25, 0.3) is 0 Å². The van der Waals surface area contributed by atoms with Crippen LogP contribution in [0.2, 0.25) is 0 Å². The van der Waals surface area contributed by atoms with Crippen LogP contribution in [0.5, 0.6) is 0 Å². The summed E-state index contributed by atoms with van der Waals surface area (Å²) in [4.78, 5) is 20.2. The van der Waals surface area contributed by atoms with Crippen LogP contribution < -0.4 is 0 Å². The summed E-state index contributed by atoms with van der Waals surface area (Å²) in [5.74, 6) is 0.634. The first-order chi connectivity index (χ1) is 34.2. The highest BCUT2D eigenvalue weighted by atomic mass is 15.2. The fourth-order valence-electron chi connectivity index (χ4n) is 10.4. The van der Waals surface area contributed by atoms with Gasteiger partial charge < -0.3 is 9.13 Å². The van der Waals surface area contributed by atoms with Gasteiger partial charge in [-0.1, -0.05) is 133 Å².